The molecule has 1 spiro atoms. The molecule has 1 heterocycles. The van der Waals surface area contributed by atoms with E-state index >= 15 is 0 Å². The number of benzene rings is 1. The number of nitrogens with two attached hydrogens (primary N) is 1. The highest BCUT2D eigenvalue weighted by Gasteiger charge is 2.45. The van der Waals surface area contributed by atoms with Crippen LogP contribution in [0.25, 0.3) is 5.57 Å². The molecule has 0 bridgehead atoms. The quantitative estimate of drug-likeness (QED) is 0.676. The lowest BCUT2D eigenvalue weighted by Crippen LogP contribution is -2.94. The van der Waals surface area contributed by atoms with Gasteiger partial charge in [0.1, 0.15) is 11.2 Å². The van der Waals surface area contributed by atoms with Gasteiger partial charge in [-0.25, -0.2) is 0 Å². The van der Waals surface area contributed by atoms with Gasteiger partial charge >= 0.3 is 0 Å². The first-order chi connectivity index (χ1) is 9.39. The van der Waals surface area contributed by atoms with E-state index in [0.717, 1.165) is 0 Å². The van der Waals surface area contributed by atoms with E-state index in [1.54, 1.807) is 11.1 Å². The van der Waals surface area contributed by atoms with Gasteiger partial charge in [0.25, 0.3) is 0 Å². The lowest BCUT2D eigenvalue weighted by Gasteiger charge is -2.43. The van der Waals surface area contributed by atoms with Crippen LogP contribution >= 0.6 is 0 Å². The Morgan fingerprint density at radius 3 is 2.53 bits per heavy atom. The third-order valence-electron chi connectivity index (χ3n) is 5.53. The molecule has 3 aliphatic rings. The van der Waals surface area contributed by atoms with Gasteiger partial charge in [0.05, 0.1) is 0 Å². The van der Waals surface area contributed by atoms with Crippen molar-refractivity contribution in [3.05, 3.63) is 35.4 Å². The average Bonchev–Trinajstić information content (AvgIpc) is 2.49. The zero-order valence-electron chi connectivity index (χ0n) is 11.8. The van der Waals surface area contributed by atoms with Crippen molar-refractivity contribution >= 4 is 11.3 Å². The highest BCUT2D eigenvalue weighted by atomic mass is 15.0. The molecule has 1 fully saturated rings. The molecule has 19 heavy (non-hydrogen) atoms. The van der Waals surface area contributed by atoms with Gasteiger partial charge < -0.3 is 5.32 Å². The first-order valence-electron chi connectivity index (χ1n) is 8.07. The fraction of sp³-hybridized carbons (Fsp3) is 0.556. The molecular formula is C18H24N+. The van der Waals surface area contributed by atoms with Crippen LogP contribution in [0.15, 0.2) is 29.8 Å². The normalized spacial score (nSPS) is 25.1. The topological polar surface area (TPSA) is 16.6 Å². The van der Waals surface area contributed by atoms with Crippen LogP contribution in [0.1, 0.15) is 63.4 Å². The second-order valence-corrected chi connectivity index (χ2v) is 6.61. The van der Waals surface area contributed by atoms with Crippen molar-refractivity contribution < 1.29 is 5.32 Å². The smallest absolute Gasteiger partial charge is 0.137 e. The highest BCUT2D eigenvalue weighted by Crippen LogP contribution is 2.46. The van der Waals surface area contributed by atoms with Gasteiger partial charge in [-0.2, -0.15) is 0 Å². The van der Waals surface area contributed by atoms with Gasteiger partial charge in [0, 0.05) is 18.4 Å². The Morgan fingerprint density at radius 2 is 1.63 bits per heavy atom. The van der Waals surface area contributed by atoms with Crippen LogP contribution in [0, 0.1) is 0 Å². The monoisotopic (exact) mass is 254 g/mol. The van der Waals surface area contributed by atoms with E-state index in [9.17, 15) is 0 Å². The molecule has 1 nitrogen and oxygen atoms in total. The number of hydrogen-bond donors (Lipinski definition) is 1. The Labute approximate surface area is 116 Å². The van der Waals surface area contributed by atoms with Gasteiger partial charge in [-0.1, -0.05) is 18.6 Å². The molecular weight excluding hydrogens is 230 g/mol. The van der Waals surface area contributed by atoms with E-state index in [0.29, 0.717) is 5.54 Å². The molecule has 0 radical (unpaired) electrons. The van der Waals surface area contributed by atoms with Gasteiger partial charge in [-0.3, -0.25) is 0 Å². The summed E-state index contributed by atoms with van der Waals surface area (Å²) in [5, 5.41) is 2.64. The Kier molecular flexibility index (Phi) is 2.77. The lowest BCUT2D eigenvalue weighted by atomic mass is 9.67. The minimum Gasteiger partial charge on any atom is -0.305 e. The summed E-state index contributed by atoms with van der Waals surface area (Å²) in [6.07, 6.45) is 12.6. The van der Waals surface area contributed by atoms with Gasteiger partial charge in [-0.05, 0) is 61.8 Å². The van der Waals surface area contributed by atoms with E-state index in [2.05, 4.69) is 29.6 Å². The average molecular weight is 254 g/mol. The highest BCUT2D eigenvalue weighted by molar-refractivity contribution is 5.78. The summed E-state index contributed by atoms with van der Waals surface area (Å²) in [5.74, 6) is 0. The molecule has 1 heteroatoms. The Bertz CT molecular complexity index is 520. The van der Waals surface area contributed by atoms with Gasteiger partial charge in [0.15, 0.2) is 0 Å². The van der Waals surface area contributed by atoms with Crippen LogP contribution in [-0.4, -0.2) is 5.54 Å². The predicted octanol–water partition coefficient (Wildman–Crippen LogP) is 3.93. The molecule has 1 aromatic carbocycles. The molecule has 0 aromatic heterocycles. The van der Waals surface area contributed by atoms with Crippen LogP contribution in [-0.2, 0) is 0 Å². The Balaban J connectivity index is 1.87. The summed E-state index contributed by atoms with van der Waals surface area (Å²) in [7, 11) is 0. The number of hydrogen-bond acceptors (Lipinski definition) is 0. The maximum absolute atomic E-state index is 2.64. The lowest BCUT2D eigenvalue weighted by molar-refractivity contribution is -0.650. The van der Waals surface area contributed by atoms with Crippen molar-refractivity contribution in [3.8, 4) is 0 Å². The summed E-state index contributed by atoms with van der Waals surface area (Å²) < 4.78 is 0. The molecule has 2 N–H and O–H groups in total. The predicted molar refractivity (Wildman–Crippen MR) is 79.2 cm³/mol. The van der Waals surface area contributed by atoms with Crippen LogP contribution in [0.5, 0.6) is 0 Å². The third kappa shape index (κ3) is 1.79. The second kappa shape index (κ2) is 4.49. The summed E-state index contributed by atoms with van der Waals surface area (Å²) in [6, 6.07) is 9.11. The molecule has 0 unspecified atom stereocenters. The maximum Gasteiger partial charge on any atom is 0.137 e. The number of rotatable bonds is 0. The first kappa shape index (κ1) is 11.7. The molecule has 4 rings (SSSR count). The third-order valence-corrected chi connectivity index (χ3v) is 5.53. The van der Waals surface area contributed by atoms with Crippen molar-refractivity contribution in [2.75, 3.05) is 0 Å². The Hall–Kier alpha value is -1.08. The van der Waals surface area contributed by atoms with E-state index < -0.39 is 0 Å². The standard InChI is InChI=1S/C18H23N/c1-6-12-18(13-7-1)16-10-4-2-8-14(16)15-9-3-5-11-17(15)19-18/h3,5,9,11,19H,1-2,4,6-8,10,12-13H2/p+1. The maximum atomic E-state index is 2.64. The zero-order chi connectivity index (χ0) is 12.7. The fourth-order valence-corrected chi connectivity index (χ4v) is 4.66. The van der Waals surface area contributed by atoms with Crippen LogP contribution < -0.4 is 5.32 Å². The van der Waals surface area contributed by atoms with E-state index in [4.69, 9.17) is 0 Å². The Morgan fingerprint density at radius 1 is 0.842 bits per heavy atom. The van der Waals surface area contributed by atoms with Crippen molar-refractivity contribution in [3.63, 3.8) is 0 Å². The number of allylic oxidation sites excluding steroid dienone is 1. The van der Waals surface area contributed by atoms with E-state index in [1.807, 2.05) is 5.57 Å². The molecule has 0 saturated heterocycles. The molecule has 0 atom stereocenters. The summed E-state index contributed by atoms with van der Waals surface area (Å²) in [6.45, 7) is 0. The van der Waals surface area contributed by atoms with Crippen LogP contribution in [0.3, 0.4) is 0 Å². The fourth-order valence-electron chi connectivity index (χ4n) is 4.66. The molecule has 0 amide bonds. The zero-order valence-corrected chi connectivity index (χ0v) is 11.8. The second-order valence-electron chi connectivity index (χ2n) is 6.61. The van der Waals surface area contributed by atoms with Crippen molar-refractivity contribution in [2.45, 2.75) is 63.3 Å². The van der Waals surface area contributed by atoms with E-state index in [-0.39, 0.29) is 0 Å². The van der Waals surface area contributed by atoms with Crippen molar-refractivity contribution in [1.82, 2.24) is 0 Å². The summed E-state index contributed by atoms with van der Waals surface area (Å²) in [5.41, 5.74) is 7.07. The largest absolute Gasteiger partial charge is 0.305 e. The van der Waals surface area contributed by atoms with Crippen molar-refractivity contribution in [1.29, 1.82) is 0 Å². The molecule has 2 aliphatic carbocycles. The molecule has 1 aromatic rings. The minimum absolute atomic E-state index is 0.447. The van der Waals surface area contributed by atoms with E-state index in [1.165, 1.54) is 63.5 Å². The number of para-hydroxylation sites is 1. The number of quaternary nitrogens is 1. The summed E-state index contributed by atoms with van der Waals surface area (Å²) >= 11 is 0. The van der Waals surface area contributed by atoms with Gasteiger partial charge in [-0.15, -0.1) is 0 Å². The number of fused-ring (bicyclic) bond motifs is 3. The first-order valence-corrected chi connectivity index (χ1v) is 8.07. The van der Waals surface area contributed by atoms with Crippen LogP contribution in [0.2, 0.25) is 0 Å². The molecule has 100 valence electrons. The summed E-state index contributed by atoms with van der Waals surface area (Å²) in [4.78, 5) is 0. The molecule has 1 saturated carbocycles. The van der Waals surface area contributed by atoms with Crippen molar-refractivity contribution in [2.24, 2.45) is 0 Å². The van der Waals surface area contributed by atoms with Gasteiger partial charge in [0.2, 0.25) is 0 Å². The minimum atomic E-state index is 0.447. The van der Waals surface area contributed by atoms with Crippen LogP contribution in [0.4, 0.5) is 5.69 Å². The SMILES string of the molecule is c1ccc2c(c1)[NH2+]C1(CCCCC1)C1=C2CCCC1. The molecule has 1 aliphatic heterocycles.